The minimum Gasteiger partial charge on any atom is -0.408 e. The third kappa shape index (κ3) is 5.94. The van der Waals surface area contributed by atoms with Gasteiger partial charge in [0.15, 0.2) is 17.5 Å². The summed E-state index contributed by atoms with van der Waals surface area (Å²) in [4.78, 5) is 15.1. The van der Waals surface area contributed by atoms with Crippen LogP contribution in [0.2, 0.25) is 0 Å². The molecule has 1 aliphatic rings. The van der Waals surface area contributed by atoms with Crippen molar-refractivity contribution in [3.05, 3.63) is 132 Å². The number of hydrogen-bond donors (Lipinski definition) is 0. The summed E-state index contributed by atoms with van der Waals surface area (Å²) in [5.74, 6) is 2.03. The molecule has 8 rings (SSSR count). The van der Waals surface area contributed by atoms with E-state index in [-0.39, 0.29) is 11.0 Å². The van der Waals surface area contributed by atoms with Gasteiger partial charge < -0.3 is 13.9 Å². The van der Waals surface area contributed by atoms with Crippen LogP contribution in [0, 0.1) is 0 Å². The standard InChI is InChI=1S/C44H43BN4O2/c1-7-43(3,4)51-45(50-8-2)31-23-24-38-34(25-31)35-26-33-32-21-15-16-22-36(32)44(5,6)37(33)27-39(35)49(38)28-40-46-41(29-17-11-9-12-18-29)48-42(47-40)30-19-13-10-14-20-30/h9-27H,7-8,28H2,1-6H3. The van der Waals surface area contributed by atoms with Crippen LogP contribution < -0.4 is 5.46 Å². The number of benzene rings is 5. The van der Waals surface area contributed by atoms with E-state index in [1.807, 2.05) is 43.3 Å². The molecule has 7 heteroatoms. The molecule has 0 saturated carbocycles. The third-order valence-corrected chi connectivity index (χ3v) is 10.5. The van der Waals surface area contributed by atoms with Crippen molar-refractivity contribution in [2.24, 2.45) is 0 Å². The number of rotatable bonds is 10. The Hall–Kier alpha value is -5.11. The van der Waals surface area contributed by atoms with E-state index in [1.165, 1.54) is 27.6 Å². The second-order valence-electron chi connectivity index (χ2n) is 14.6. The summed E-state index contributed by atoms with van der Waals surface area (Å²) in [6.45, 7) is 14.1. The van der Waals surface area contributed by atoms with Crippen LogP contribution in [0.4, 0.5) is 0 Å². The molecule has 5 aromatic carbocycles. The molecule has 254 valence electrons. The van der Waals surface area contributed by atoms with Crippen molar-refractivity contribution in [1.29, 1.82) is 0 Å². The fraction of sp³-hybridized carbons (Fsp3) is 0.250. The Bertz CT molecular complexity index is 2330. The fourth-order valence-electron chi connectivity index (χ4n) is 7.41. The van der Waals surface area contributed by atoms with Crippen LogP contribution in [-0.4, -0.2) is 38.8 Å². The van der Waals surface area contributed by atoms with E-state index in [9.17, 15) is 0 Å². The second kappa shape index (κ2) is 12.9. The molecule has 2 aromatic heterocycles. The van der Waals surface area contributed by atoms with Crippen LogP contribution in [0.25, 0.3) is 55.7 Å². The van der Waals surface area contributed by atoms with Gasteiger partial charge in [-0.2, -0.15) is 0 Å². The largest absolute Gasteiger partial charge is 0.494 e. The second-order valence-corrected chi connectivity index (χ2v) is 14.6. The first-order chi connectivity index (χ1) is 24.7. The molecule has 0 amide bonds. The average molecular weight is 671 g/mol. The lowest BCUT2D eigenvalue weighted by molar-refractivity contribution is 0.0706. The smallest absolute Gasteiger partial charge is 0.408 e. The zero-order valence-electron chi connectivity index (χ0n) is 30.3. The highest BCUT2D eigenvalue weighted by molar-refractivity contribution is 6.61. The summed E-state index contributed by atoms with van der Waals surface area (Å²) >= 11 is 0. The van der Waals surface area contributed by atoms with Gasteiger partial charge in [-0.3, -0.25) is 0 Å². The Labute approximate surface area is 300 Å². The highest BCUT2D eigenvalue weighted by Crippen LogP contribution is 2.50. The van der Waals surface area contributed by atoms with Gasteiger partial charge >= 0.3 is 7.12 Å². The first-order valence-corrected chi connectivity index (χ1v) is 18.0. The molecule has 1 aliphatic carbocycles. The summed E-state index contributed by atoms with van der Waals surface area (Å²) in [5, 5.41) is 2.33. The molecule has 0 bridgehead atoms. The molecule has 0 saturated heterocycles. The topological polar surface area (TPSA) is 62.1 Å². The van der Waals surface area contributed by atoms with Gasteiger partial charge in [0.25, 0.3) is 0 Å². The quantitative estimate of drug-likeness (QED) is 0.136. The molecule has 7 aromatic rings. The minimum atomic E-state index is -0.479. The Balaban J connectivity index is 1.35. The summed E-state index contributed by atoms with van der Waals surface area (Å²) in [7, 11) is -0.479. The van der Waals surface area contributed by atoms with Gasteiger partial charge in [0.1, 0.15) is 0 Å². The Morgan fingerprint density at radius 3 is 1.94 bits per heavy atom. The van der Waals surface area contributed by atoms with Crippen LogP contribution in [0.15, 0.2) is 115 Å². The van der Waals surface area contributed by atoms with Crippen molar-refractivity contribution < 1.29 is 9.31 Å². The SMILES string of the molecule is CCOB(OC(C)(C)CC)c1ccc2c(c1)c1cc3c(cc1n2Cc1nc(-c2ccccc2)nc(-c2ccccc2)n1)C(C)(C)c1ccccc1-3. The fourth-order valence-corrected chi connectivity index (χ4v) is 7.41. The number of aromatic nitrogens is 4. The van der Waals surface area contributed by atoms with Gasteiger partial charge in [0, 0.05) is 50.6 Å². The molecule has 2 heterocycles. The van der Waals surface area contributed by atoms with Gasteiger partial charge in [-0.15, -0.1) is 0 Å². The maximum absolute atomic E-state index is 6.58. The predicted molar refractivity (Wildman–Crippen MR) is 209 cm³/mol. The lowest BCUT2D eigenvalue weighted by atomic mass is 9.76. The molecule has 0 aliphatic heterocycles. The van der Waals surface area contributed by atoms with Crippen molar-refractivity contribution in [3.63, 3.8) is 0 Å². The zero-order valence-corrected chi connectivity index (χ0v) is 30.3. The van der Waals surface area contributed by atoms with Crippen LogP contribution in [0.3, 0.4) is 0 Å². The molecular weight excluding hydrogens is 627 g/mol. The normalized spacial score (nSPS) is 13.5. The number of fused-ring (bicyclic) bond motifs is 6. The Kier molecular flexibility index (Phi) is 8.36. The molecule has 0 unspecified atom stereocenters. The van der Waals surface area contributed by atoms with Gasteiger partial charge in [-0.1, -0.05) is 118 Å². The van der Waals surface area contributed by atoms with E-state index in [1.54, 1.807) is 0 Å². The number of hydrogen-bond acceptors (Lipinski definition) is 5. The van der Waals surface area contributed by atoms with Crippen molar-refractivity contribution >= 4 is 34.4 Å². The molecular formula is C44H43BN4O2. The van der Waals surface area contributed by atoms with Crippen molar-refractivity contribution in [1.82, 2.24) is 19.5 Å². The van der Waals surface area contributed by atoms with Crippen LogP contribution in [0.1, 0.15) is 64.9 Å². The lowest BCUT2D eigenvalue weighted by Crippen LogP contribution is -2.43. The maximum atomic E-state index is 6.58. The number of nitrogens with zero attached hydrogens (tertiary/aromatic N) is 4. The molecule has 0 fully saturated rings. The molecule has 0 atom stereocenters. The van der Waals surface area contributed by atoms with Gasteiger partial charge in [-0.05, 0) is 73.1 Å². The van der Waals surface area contributed by atoms with Gasteiger partial charge in [0.2, 0.25) is 0 Å². The van der Waals surface area contributed by atoms with Crippen LogP contribution in [-0.2, 0) is 21.3 Å². The molecule has 0 radical (unpaired) electrons. The summed E-state index contributed by atoms with van der Waals surface area (Å²) < 4.78 is 15.2. The van der Waals surface area contributed by atoms with E-state index in [0.29, 0.717) is 30.6 Å². The zero-order chi connectivity index (χ0) is 35.3. The van der Waals surface area contributed by atoms with Gasteiger partial charge in [0.05, 0.1) is 6.54 Å². The van der Waals surface area contributed by atoms with E-state index in [2.05, 4.69) is 118 Å². The molecule has 51 heavy (non-hydrogen) atoms. The lowest BCUT2D eigenvalue weighted by Gasteiger charge is -2.28. The van der Waals surface area contributed by atoms with Crippen molar-refractivity contribution in [2.75, 3.05) is 6.61 Å². The summed E-state index contributed by atoms with van der Waals surface area (Å²) in [6.07, 6.45) is 0.876. The van der Waals surface area contributed by atoms with Crippen molar-refractivity contribution in [2.45, 2.75) is 65.5 Å². The van der Waals surface area contributed by atoms with E-state index in [0.717, 1.165) is 39.4 Å². The maximum Gasteiger partial charge on any atom is 0.494 e. The van der Waals surface area contributed by atoms with E-state index < -0.39 is 7.12 Å². The molecule has 0 N–H and O–H groups in total. The highest BCUT2D eigenvalue weighted by Gasteiger charge is 2.36. The first kappa shape index (κ1) is 33.1. The monoisotopic (exact) mass is 670 g/mol. The van der Waals surface area contributed by atoms with E-state index >= 15 is 0 Å². The highest BCUT2D eigenvalue weighted by atomic mass is 16.6. The van der Waals surface area contributed by atoms with Gasteiger partial charge in [-0.25, -0.2) is 15.0 Å². The van der Waals surface area contributed by atoms with Crippen LogP contribution >= 0.6 is 0 Å². The summed E-state index contributed by atoms with van der Waals surface area (Å²) in [6, 6.07) is 40.5. The first-order valence-electron chi connectivity index (χ1n) is 18.0. The molecule has 0 spiro atoms. The summed E-state index contributed by atoms with van der Waals surface area (Å²) in [5.41, 5.74) is 9.97. The Morgan fingerprint density at radius 1 is 0.667 bits per heavy atom. The molecule has 6 nitrogen and oxygen atoms in total. The van der Waals surface area contributed by atoms with E-state index in [4.69, 9.17) is 24.3 Å². The average Bonchev–Trinajstić information content (AvgIpc) is 3.57. The Morgan fingerprint density at radius 2 is 1.29 bits per heavy atom. The minimum absolute atomic E-state index is 0.139. The predicted octanol–water partition coefficient (Wildman–Crippen LogP) is 9.60. The van der Waals surface area contributed by atoms with Crippen molar-refractivity contribution in [3.8, 4) is 33.9 Å². The van der Waals surface area contributed by atoms with Crippen LogP contribution in [0.5, 0.6) is 0 Å². The third-order valence-electron chi connectivity index (χ3n) is 10.5.